The summed E-state index contributed by atoms with van der Waals surface area (Å²) in [5.41, 5.74) is 1.36. The molecule has 0 atom stereocenters. The zero-order valence-corrected chi connectivity index (χ0v) is 17.1. The van der Waals surface area contributed by atoms with E-state index in [0.717, 1.165) is 10.1 Å². The molecule has 0 aliphatic heterocycles. The first-order valence-corrected chi connectivity index (χ1v) is 10.1. The van der Waals surface area contributed by atoms with Crippen molar-refractivity contribution in [1.29, 1.82) is 0 Å². The Morgan fingerprint density at radius 1 is 1.07 bits per heavy atom. The van der Waals surface area contributed by atoms with Crippen molar-refractivity contribution >= 4 is 33.1 Å². The molecule has 0 bridgehead atoms. The second-order valence-corrected chi connectivity index (χ2v) is 7.86. The van der Waals surface area contributed by atoms with Gasteiger partial charge in [0.25, 0.3) is 5.56 Å². The smallest absolute Gasteiger partial charge is 0.324 e. The monoisotopic (exact) mass is 423 g/mol. The summed E-state index contributed by atoms with van der Waals surface area (Å²) in [6.45, 7) is 3.12. The van der Waals surface area contributed by atoms with Crippen molar-refractivity contribution in [3.63, 3.8) is 0 Å². The van der Waals surface area contributed by atoms with E-state index in [9.17, 15) is 18.8 Å². The Kier molecular flexibility index (Phi) is 5.09. The van der Waals surface area contributed by atoms with E-state index in [1.165, 1.54) is 22.0 Å². The summed E-state index contributed by atoms with van der Waals surface area (Å²) in [6, 6.07) is 13.1. The fourth-order valence-corrected chi connectivity index (χ4v) is 4.11. The van der Waals surface area contributed by atoms with Crippen LogP contribution in [0.25, 0.3) is 15.9 Å². The molecule has 2 heterocycles. The van der Waals surface area contributed by atoms with E-state index in [1.54, 1.807) is 42.6 Å². The summed E-state index contributed by atoms with van der Waals surface area (Å²) in [5, 5.41) is 4.31. The molecule has 4 rings (SSSR count). The topological polar surface area (TPSA) is 73.1 Å². The van der Waals surface area contributed by atoms with Crippen LogP contribution in [0.1, 0.15) is 11.1 Å². The Bertz CT molecular complexity index is 1400. The number of benzene rings is 2. The number of nitrogens with zero attached hydrogens (tertiary/aromatic N) is 2. The summed E-state index contributed by atoms with van der Waals surface area (Å²) < 4.78 is 16.5. The number of amides is 1. The highest BCUT2D eigenvalue weighted by atomic mass is 32.1. The van der Waals surface area contributed by atoms with Gasteiger partial charge < -0.3 is 5.32 Å². The molecule has 0 fully saturated rings. The standard InChI is InChI=1S/C22H18FN3O3S/c1-13-7-8-15(11-16(13)23)24-19(27)12-25-18-9-10-30-20(18)21(28)26(22(25)29)17-6-4-3-5-14(17)2/h3-11H,12H2,1-2H3,(H,24,27). The van der Waals surface area contributed by atoms with Crippen LogP contribution in [0, 0.1) is 19.7 Å². The Hall–Kier alpha value is -3.52. The molecule has 0 saturated heterocycles. The van der Waals surface area contributed by atoms with E-state index in [0.29, 0.717) is 27.2 Å². The lowest BCUT2D eigenvalue weighted by molar-refractivity contribution is -0.116. The fourth-order valence-electron chi connectivity index (χ4n) is 3.28. The minimum Gasteiger partial charge on any atom is -0.324 e. The second-order valence-electron chi connectivity index (χ2n) is 6.94. The number of anilines is 1. The molecule has 1 N–H and O–H groups in total. The zero-order valence-electron chi connectivity index (χ0n) is 16.3. The highest BCUT2D eigenvalue weighted by Crippen LogP contribution is 2.18. The Morgan fingerprint density at radius 3 is 2.57 bits per heavy atom. The van der Waals surface area contributed by atoms with Crippen molar-refractivity contribution in [1.82, 2.24) is 9.13 Å². The molecular weight excluding hydrogens is 405 g/mol. The Balaban J connectivity index is 1.79. The number of rotatable bonds is 4. The van der Waals surface area contributed by atoms with Crippen LogP contribution in [0.2, 0.25) is 0 Å². The molecular formula is C22H18FN3O3S. The normalized spacial score (nSPS) is 11.0. The second kappa shape index (κ2) is 7.72. The third-order valence-electron chi connectivity index (χ3n) is 4.87. The molecule has 8 heteroatoms. The van der Waals surface area contributed by atoms with E-state index in [-0.39, 0.29) is 6.54 Å². The van der Waals surface area contributed by atoms with E-state index >= 15 is 0 Å². The summed E-state index contributed by atoms with van der Waals surface area (Å²) in [5.74, 6) is -0.930. The van der Waals surface area contributed by atoms with Crippen LogP contribution < -0.4 is 16.6 Å². The lowest BCUT2D eigenvalue weighted by atomic mass is 10.2. The van der Waals surface area contributed by atoms with Gasteiger partial charge in [0.05, 0.1) is 11.2 Å². The zero-order chi connectivity index (χ0) is 21.4. The van der Waals surface area contributed by atoms with Crippen LogP contribution in [-0.4, -0.2) is 15.0 Å². The van der Waals surface area contributed by atoms with Gasteiger partial charge in [0.15, 0.2) is 0 Å². The van der Waals surface area contributed by atoms with Crippen molar-refractivity contribution < 1.29 is 9.18 Å². The van der Waals surface area contributed by atoms with Crippen LogP contribution in [0.4, 0.5) is 10.1 Å². The Morgan fingerprint density at radius 2 is 1.83 bits per heavy atom. The number of hydrogen-bond acceptors (Lipinski definition) is 4. The van der Waals surface area contributed by atoms with E-state index in [1.807, 2.05) is 19.1 Å². The van der Waals surface area contributed by atoms with Gasteiger partial charge in [0, 0.05) is 5.69 Å². The van der Waals surface area contributed by atoms with E-state index in [4.69, 9.17) is 0 Å². The van der Waals surface area contributed by atoms with Crippen LogP contribution >= 0.6 is 11.3 Å². The predicted octanol–water partition coefficient (Wildman–Crippen LogP) is 3.61. The number of carbonyl (C=O) groups excluding carboxylic acids is 1. The van der Waals surface area contributed by atoms with Crippen LogP contribution in [-0.2, 0) is 11.3 Å². The summed E-state index contributed by atoms with van der Waals surface area (Å²) in [6.07, 6.45) is 0. The molecule has 1 amide bonds. The number of aromatic nitrogens is 2. The number of thiophene rings is 1. The highest BCUT2D eigenvalue weighted by molar-refractivity contribution is 7.17. The maximum Gasteiger partial charge on any atom is 0.336 e. The molecule has 2 aromatic heterocycles. The quantitative estimate of drug-likeness (QED) is 0.545. The van der Waals surface area contributed by atoms with Gasteiger partial charge in [-0.15, -0.1) is 11.3 Å². The van der Waals surface area contributed by atoms with Crippen molar-refractivity contribution in [3.05, 3.63) is 91.7 Å². The number of fused-ring (bicyclic) bond motifs is 1. The third-order valence-corrected chi connectivity index (χ3v) is 5.76. The fraction of sp³-hybridized carbons (Fsp3) is 0.136. The SMILES string of the molecule is Cc1ccc(NC(=O)Cn2c(=O)n(-c3ccccc3C)c(=O)c3sccc32)cc1F. The molecule has 0 radical (unpaired) electrons. The average molecular weight is 423 g/mol. The lowest BCUT2D eigenvalue weighted by Gasteiger charge is -2.14. The molecule has 0 aliphatic rings. The molecule has 152 valence electrons. The minimum absolute atomic E-state index is 0.296. The van der Waals surface area contributed by atoms with Crippen molar-refractivity contribution in [3.8, 4) is 5.69 Å². The maximum atomic E-state index is 13.8. The van der Waals surface area contributed by atoms with Gasteiger partial charge in [-0.3, -0.25) is 14.2 Å². The Labute approximate surface area is 174 Å². The first-order chi connectivity index (χ1) is 14.4. The number of nitrogens with one attached hydrogen (secondary N) is 1. The number of carbonyl (C=O) groups is 1. The van der Waals surface area contributed by atoms with Gasteiger partial charge in [-0.1, -0.05) is 24.3 Å². The molecule has 0 saturated carbocycles. The maximum absolute atomic E-state index is 13.8. The molecule has 0 aliphatic carbocycles. The minimum atomic E-state index is -0.606. The summed E-state index contributed by atoms with van der Waals surface area (Å²) in [7, 11) is 0. The summed E-state index contributed by atoms with van der Waals surface area (Å²) in [4.78, 5) is 38.8. The third kappa shape index (κ3) is 3.46. The van der Waals surface area contributed by atoms with Gasteiger partial charge >= 0.3 is 5.69 Å². The first-order valence-electron chi connectivity index (χ1n) is 9.22. The van der Waals surface area contributed by atoms with Crippen molar-refractivity contribution in [2.45, 2.75) is 20.4 Å². The van der Waals surface area contributed by atoms with Gasteiger partial charge in [0.2, 0.25) is 5.91 Å². The lowest BCUT2D eigenvalue weighted by Crippen LogP contribution is -2.40. The van der Waals surface area contributed by atoms with Crippen LogP contribution in [0.3, 0.4) is 0 Å². The van der Waals surface area contributed by atoms with Crippen molar-refractivity contribution in [2.75, 3.05) is 5.32 Å². The number of para-hydroxylation sites is 1. The molecule has 30 heavy (non-hydrogen) atoms. The molecule has 0 spiro atoms. The van der Waals surface area contributed by atoms with Crippen molar-refractivity contribution in [2.24, 2.45) is 0 Å². The van der Waals surface area contributed by atoms with Gasteiger partial charge in [-0.2, -0.15) is 0 Å². The first kappa shape index (κ1) is 19.8. The largest absolute Gasteiger partial charge is 0.336 e. The highest BCUT2D eigenvalue weighted by Gasteiger charge is 2.18. The average Bonchev–Trinajstić information content (AvgIpc) is 3.20. The molecule has 4 aromatic rings. The molecule has 6 nitrogen and oxygen atoms in total. The molecule has 0 unspecified atom stereocenters. The number of aryl methyl sites for hydroxylation is 2. The van der Waals surface area contributed by atoms with E-state index < -0.39 is 23.0 Å². The summed E-state index contributed by atoms with van der Waals surface area (Å²) >= 11 is 1.21. The van der Waals surface area contributed by atoms with Crippen LogP contribution in [0.15, 0.2) is 63.5 Å². The predicted molar refractivity (Wildman–Crippen MR) is 116 cm³/mol. The molecule has 2 aromatic carbocycles. The van der Waals surface area contributed by atoms with E-state index in [2.05, 4.69) is 5.32 Å². The van der Waals surface area contributed by atoms with Gasteiger partial charge in [-0.25, -0.2) is 13.8 Å². The van der Waals surface area contributed by atoms with Crippen LogP contribution in [0.5, 0.6) is 0 Å². The van der Waals surface area contributed by atoms with Gasteiger partial charge in [0.1, 0.15) is 17.1 Å². The van der Waals surface area contributed by atoms with Gasteiger partial charge in [-0.05, 0) is 54.6 Å². The number of halogens is 1. The number of hydrogen-bond donors (Lipinski definition) is 1.